The predicted molar refractivity (Wildman–Crippen MR) is 126 cm³/mol. The van der Waals surface area contributed by atoms with E-state index in [1.54, 1.807) is 11.6 Å². The van der Waals surface area contributed by atoms with E-state index in [1.807, 2.05) is 64.4 Å². The number of piperidine rings is 1. The van der Waals surface area contributed by atoms with E-state index >= 15 is 0 Å². The molecule has 1 aliphatic rings. The van der Waals surface area contributed by atoms with Crippen LogP contribution in [0.2, 0.25) is 0 Å². The van der Waals surface area contributed by atoms with Crippen LogP contribution in [0.4, 0.5) is 0 Å². The zero-order valence-electron chi connectivity index (χ0n) is 18.7. The Morgan fingerprint density at radius 2 is 1.66 bits per heavy atom. The zero-order valence-corrected chi connectivity index (χ0v) is 18.7. The van der Waals surface area contributed by atoms with E-state index in [1.165, 1.54) is 6.07 Å². The van der Waals surface area contributed by atoms with Crippen LogP contribution in [-0.2, 0) is 7.05 Å². The lowest BCUT2D eigenvalue weighted by Gasteiger charge is -2.38. The molecular weight excluding hydrogens is 402 g/mol. The van der Waals surface area contributed by atoms with E-state index in [-0.39, 0.29) is 23.4 Å². The van der Waals surface area contributed by atoms with Gasteiger partial charge in [0, 0.05) is 49.7 Å². The first kappa shape index (κ1) is 21.8. The molecule has 0 N–H and O–H groups in total. The van der Waals surface area contributed by atoms with Crippen molar-refractivity contribution in [3.8, 4) is 0 Å². The van der Waals surface area contributed by atoms with E-state index in [4.69, 9.17) is 0 Å². The van der Waals surface area contributed by atoms with Gasteiger partial charge in [-0.15, -0.1) is 0 Å². The highest BCUT2D eigenvalue weighted by molar-refractivity contribution is 6.06. The fourth-order valence-electron chi connectivity index (χ4n) is 4.58. The molecule has 1 fully saturated rings. The minimum absolute atomic E-state index is 0.0370. The highest BCUT2D eigenvalue weighted by Crippen LogP contribution is 2.24. The number of carbonyl (C=O) groups is 2. The van der Waals surface area contributed by atoms with Crippen LogP contribution in [0.25, 0.3) is 10.9 Å². The van der Waals surface area contributed by atoms with Gasteiger partial charge in [-0.2, -0.15) is 0 Å². The van der Waals surface area contributed by atoms with Crippen molar-refractivity contribution < 1.29 is 9.59 Å². The van der Waals surface area contributed by atoms with Crippen molar-refractivity contribution in [3.05, 3.63) is 82.1 Å². The lowest BCUT2D eigenvalue weighted by atomic mass is 9.99. The second-order valence-corrected chi connectivity index (χ2v) is 8.36. The molecule has 0 radical (unpaired) electrons. The largest absolute Gasteiger partial charge is 0.338 e. The van der Waals surface area contributed by atoms with E-state index < -0.39 is 0 Å². The van der Waals surface area contributed by atoms with Crippen molar-refractivity contribution in [1.29, 1.82) is 0 Å². The molecule has 4 rings (SSSR count). The van der Waals surface area contributed by atoms with Crippen LogP contribution in [0.1, 0.15) is 46.9 Å². The molecule has 1 aromatic heterocycles. The third kappa shape index (κ3) is 4.17. The number of carbonyl (C=O) groups excluding carboxylic acids is 2. The number of pyridine rings is 1. The Labute approximate surface area is 188 Å². The minimum Gasteiger partial charge on any atom is -0.338 e. The molecule has 0 aliphatic carbocycles. The Morgan fingerprint density at radius 3 is 2.34 bits per heavy atom. The lowest BCUT2D eigenvalue weighted by Crippen LogP contribution is -2.49. The number of para-hydroxylation sites is 1. The SMILES string of the molecule is CCCN(C(=O)c1cc(=O)n(C)c2ccccc12)C1CCN(C(=O)c2ccccc2)CC1. The first-order valence-electron chi connectivity index (χ1n) is 11.2. The van der Waals surface area contributed by atoms with Gasteiger partial charge in [0.2, 0.25) is 0 Å². The highest BCUT2D eigenvalue weighted by atomic mass is 16.2. The van der Waals surface area contributed by atoms with Crippen LogP contribution in [0.15, 0.2) is 65.5 Å². The third-order valence-electron chi connectivity index (χ3n) is 6.32. The van der Waals surface area contributed by atoms with Crippen LogP contribution in [0.3, 0.4) is 0 Å². The van der Waals surface area contributed by atoms with E-state index in [0.29, 0.717) is 30.8 Å². The zero-order chi connectivity index (χ0) is 22.7. The van der Waals surface area contributed by atoms with Gasteiger partial charge in [0.15, 0.2) is 0 Å². The number of hydrogen-bond donors (Lipinski definition) is 0. The number of aromatic nitrogens is 1. The first-order valence-corrected chi connectivity index (χ1v) is 11.2. The van der Waals surface area contributed by atoms with Gasteiger partial charge in [-0.05, 0) is 37.5 Å². The maximum atomic E-state index is 13.6. The molecule has 2 heterocycles. The van der Waals surface area contributed by atoms with Crippen LogP contribution in [0.5, 0.6) is 0 Å². The molecule has 6 heteroatoms. The lowest BCUT2D eigenvalue weighted by molar-refractivity contribution is 0.0520. The molecule has 0 bridgehead atoms. The van der Waals surface area contributed by atoms with Crippen LogP contribution in [0, 0.1) is 0 Å². The van der Waals surface area contributed by atoms with Gasteiger partial charge in [0.05, 0.1) is 11.1 Å². The Kier molecular flexibility index (Phi) is 6.40. The molecule has 6 nitrogen and oxygen atoms in total. The second kappa shape index (κ2) is 9.39. The summed E-state index contributed by atoms with van der Waals surface area (Å²) in [5.74, 6) is -0.0662. The van der Waals surface area contributed by atoms with E-state index in [9.17, 15) is 14.4 Å². The van der Waals surface area contributed by atoms with Gasteiger partial charge in [-0.1, -0.05) is 43.3 Å². The maximum Gasteiger partial charge on any atom is 0.254 e. The molecular formula is C26H29N3O3. The monoisotopic (exact) mass is 431 g/mol. The van der Waals surface area contributed by atoms with E-state index in [2.05, 4.69) is 6.92 Å². The Balaban J connectivity index is 1.56. The quantitative estimate of drug-likeness (QED) is 0.619. The Bertz CT molecular complexity index is 1180. The number of amides is 2. The highest BCUT2D eigenvalue weighted by Gasteiger charge is 2.31. The van der Waals surface area contributed by atoms with Crippen molar-refractivity contribution in [3.63, 3.8) is 0 Å². The molecule has 0 atom stereocenters. The molecule has 3 aromatic rings. The van der Waals surface area contributed by atoms with Gasteiger partial charge in [-0.3, -0.25) is 14.4 Å². The van der Waals surface area contributed by atoms with Crippen LogP contribution < -0.4 is 5.56 Å². The maximum absolute atomic E-state index is 13.6. The van der Waals surface area contributed by atoms with Crippen molar-refractivity contribution in [2.24, 2.45) is 7.05 Å². The molecule has 0 spiro atoms. The molecule has 166 valence electrons. The van der Waals surface area contributed by atoms with Gasteiger partial charge in [-0.25, -0.2) is 0 Å². The second-order valence-electron chi connectivity index (χ2n) is 8.36. The summed E-state index contributed by atoms with van der Waals surface area (Å²) in [4.78, 5) is 42.7. The Hall–Kier alpha value is -3.41. The molecule has 0 unspecified atom stereocenters. The number of fused-ring (bicyclic) bond motifs is 1. The van der Waals surface area contributed by atoms with Crippen molar-refractivity contribution >= 4 is 22.7 Å². The van der Waals surface area contributed by atoms with Gasteiger partial charge >= 0.3 is 0 Å². The summed E-state index contributed by atoms with van der Waals surface area (Å²) in [6.45, 7) is 3.91. The van der Waals surface area contributed by atoms with Crippen molar-refractivity contribution in [1.82, 2.24) is 14.4 Å². The van der Waals surface area contributed by atoms with Crippen molar-refractivity contribution in [2.45, 2.75) is 32.2 Å². The van der Waals surface area contributed by atoms with Crippen LogP contribution in [-0.4, -0.2) is 51.9 Å². The topological polar surface area (TPSA) is 62.6 Å². The Morgan fingerprint density at radius 1 is 1.00 bits per heavy atom. The number of aryl methyl sites for hydroxylation is 1. The molecule has 32 heavy (non-hydrogen) atoms. The molecule has 1 saturated heterocycles. The smallest absolute Gasteiger partial charge is 0.254 e. The normalized spacial score (nSPS) is 14.5. The minimum atomic E-state index is -0.188. The summed E-state index contributed by atoms with van der Waals surface area (Å²) in [6.07, 6.45) is 2.29. The van der Waals surface area contributed by atoms with Gasteiger partial charge < -0.3 is 14.4 Å². The average Bonchev–Trinajstić information content (AvgIpc) is 2.84. The summed E-state index contributed by atoms with van der Waals surface area (Å²) < 4.78 is 1.57. The number of benzene rings is 2. The summed E-state index contributed by atoms with van der Waals surface area (Å²) in [7, 11) is 1.72. The number of hydrogen-bond acceptors (Lipinski definition) is 3. The number of rotatable bonds is 5. The molecule has 2 aromatic carbocycles. The van der Waals surface area contributed by atoms with Crippen LogP contribution >= 0.6 is 0 Å². The summed E-state index contributed by atoms with van der Waals surface area (Å²) >= 11 is 0. The molecule has 2 amide bonds. The first-order chi connectivity index (χ1) is 15.5. The molecule has 1 aliphatic heterocycles. The van der Waals surface area contributed by atoms with Gasteiger partial charge in [0.25, 0.3) is 17.4 Å². The van der Waals surface area contributed by atoms with E-state index in [0.717, 1.165) is 30.2 Å². The number of likely N-dealkylation sites (tertiary alicyclic amines) is 1. The fraction of sp³-hybridized carbons (Fsp3) is 0.346. The van der Waals surface area contributed by atoms with Gasteiger partial charge in [0.1, 0.15) is 0 Å². The summed E-state index contributed by atoms with van der Waals surface area (Å²) in [5.41, 5.74) is 1.72. The predicted octanol–water partition coefficient (Wildman–Crippen LogP) is 3.70. The fourth-order valence-corrected chi connectivity index (χ4v) is 4.58. The third-order valence-corrected chi connectivity index (χ3v) is 6.32. The molecule has 0 saturated carbocycles. The number of nitrogens with zero attached hydrogens (tertiary/aromatic N) is 3. The van der Waals surface area contributed by atoms with Crippen molar-refractivity contribution in [2.75, 3.05) is 19.6 Å². The standard InChI is InChI=1S/C26H29N3O3/c1-3-15-29(20-13-16-28(17-14-20)25(31)19-9-5-4-6-10-19)26(32)22-18-24(30)27(2)23-12-8-7-11-21(22)23/h4-12,18,20H,3,13-17H2,1-2H3. The summed E-state index contributed by atoms with van der Waals surface area (Å²) in [5, 5.41) is 0.789. The average molecular weight is 432 g/mol. The summed E-state index contributed by atoms with van der Waals surface area (Å²) in [6, 6.07) is 18.3.